The standard InChI is InChI=1S/C16H17F2N3O3/c1-3-23-16(22)12-13(10-6-7-11(17)19-14(10)18)20-21-8-4-5-9(2)24-15(12)21/h6-7,9H,3-5,8H2,1-2H3. The van der Waals surface area contributed by atoms with Crippen LogP contribution in [0.25, 0.3) is 11.3 Å². The molecule has 1 aliphatic heterocycles. The van der Waals surface area contributed by atoms with Crippen LogP contribution in [-0.4, -0.2) is 33.4 Å². The second-order valence-electron chi connectivity index (χ2n) is 5.52. The quantitative estimate of drug-likeness (QED) is 0.636. The number of fused-ring (bicyclic) bond motifs is 1. The summed E-state index contributed by atoms with van der Waals surface area (Å²) in [6.07, 6.45) is 1.51. The molecule has 1 atom stereocenters. The number of pyridine rings is 1. The summed E-state index contributed by atoms with van der Waals surface area (Å²) in [6, 6.07) is 2.22. The normalized spacial score (nSPS) is 16.9. The van der Waals surface area contributed by atoms with E-state index in [4.69, 9.17) is 9.47 Å². The lowest BCUT2D eigenvalue weighted by molar-refractivity contribution is 0.0520. The summed E-state index contributed by atoms with van der Waals surface area (Å²) in [4.78, 5) is 15.6. The van der Waals surface area contributed by atoms with Crippen LogP contribution in [0.4, 0.5) is 8.78 Å². The van der Waals surface area contributed by atoms with E-state index in [1.54, 1.807) is 6.92 Å². The Balaban J connectivity index is 2.18. The van der Waals surface area contributed by atoms with Crippen molar-refractivity contribution in [3.63, 3.8) is 0 Å². The number of nitrogens with zero attached hydrogens (tertiary/aromatic N) is 3. The molecule has 128 valence electrons. The molecule has 1 aliphatic rings. The fraction of sp³-hybridized carbons (Fsp3) is 0.438. The van der Waals surface area contributed by atoms with E-state index in [9.17, 15) is 13.6 Å². The molecule has 0 amide bonds. The van der Waals surface area contributed by atoms with Gasteiger partial charge in [-0.05, 0) is 38.8 Å². The molecule has 0 saturated heterocycles. The molecule has 0 fully saturated rings. The summed E-state index contributed by atoms with van der Waals surface area (Å²) in [6.45, 7) is 4.24. The lowest BCUT2D eigenvalue weighted by Gasteiger charge is -2.12. The van der Waals surface area contributed by atoms with Gasteiger partial charge in [0.05, 0.1) is 18.3 Å². The monoisotopic (exact) mass is 337 g/mol. The van der Waals surface area contributed by atoms with E-state index in [0.717, 1.165) is 18.9 Å². The summed E-state index contributed by atoms with van der Waals surface area (Å²) in [5.74, 6) is -2.40. The van der Waals surface area contributed by atoms with E-state index in [0.29, 0.717) is 6.54 Å². The molecule has 2 aromatic rings. The first-order chi connectivity index (χ1) is 11.5. The molecule has 2 aromatic heterocycles. The maximum atomic E-state index is 14.1. The molecule has 0 N–H and O–H groups in total. The summed E-state index contributed by atoms with van der Waals surface area (Å²) >= 11 is 0. The van der Waals surface area contributed by atoms with Crippen molar-refractivity contribution >= 4 is 5.97 Å². The molecule has 0 spiro atoms. The first-order valence-corrected chi connectivity index (χ1v) is 7.78. The van der Waals surface area contributed by atoms with E-state index in [2.05, 4.69) is 10.1 Å². The Hall–Kier alpha value is -2.51. The molecule has 1 unspecified atom stereocenters. The van der Waals surface area contributed by atoms with Crippen LogP contribution in [0.15, 0.2) is 12.1 Å². The van der Waals surface area contributed by atoms with Crippen LogP contribution in [0, 0.1) is 11.9 Å². The van der Waals surface area contributed by atoms with E-state index in [1.165, 1.54) is 10.7 Å². The maximum absolute atomic E-state index is 14.1. The van der Waals surface area contributed by atoms with Gasteiger partial charge in [0.1, 0.15) is 11.3 Å². The number of ether oxygens (including phenoxy) is 2. The molecule has 0 radical (unpaired) electrons. The van der Waals surface area contributed by atoms with Crippen LogP contribution in [0.1, 0.15) is 37.0 Å². The van der Waals surface area contributed by atoms with Gasteiger partial charge in [-0.2, -0.15) is 18.9 Å². The van der Waals surface area contributed by atoms with Crippen molar-refractivity contribution in [1.82, 2.24) is 14.8 Å². The van der Waals surface area contributed by atoms with Crippen molar-refractivity contribution in [2.24, 2.45) is 0 Å². The summed E-state index contributed by atoms with van der Waals surface area (Å²) in [5, 5.41) is 4.30. The topological polar surface area (TPSA) is 66.2 Å². The number of hydrogen-bond donors (Lipinski definition) is 0. The SMILES string of the molecule is CCOC(=O)c1c(-c2ccc(F)nc2F)nn2c1OC(C)CCC2. The minimum Gasteiger partial charge on any atom is -0.474 e. The number of hydrogen-bond acceptors (Lipinski definition) is 5. The molecule has 8 heteroatoms. The Morgan fingerprint density at radius 2 is 2.25 bits per heavy atom. The van der Waals surface area contributed by atoms with Crippen LogP contribution < -0.4 is 4.74 Å². The predicted molar refractivity (Wildman–Crippen MR) is 80.7 cm³/mol. The molecule has 3 heterocycles. The Labute approximate surface area is 137 Å². The van der Waals surface area contributed by atoms with E-state index < -0.39 is 17.9 Å². The Bertz CT molecular complexity index is 776. The van der Waals surface area contributed by atoms with Gasteiger partial charge < -0.3 is 9.47 Å². The Morgan fingerprint density at radius 3 is 2.96 bits per heavy atom. The summed E-state index contributed by atoms with van der Waals surface area (Å²) in [7, 11) is 0. The highest BCUT2D eigenvalue weighted by atomic mass is 19.1. The van der Waals surface area contributed by atoms with Crippen LogP contribution in [0.2, 0.25) is 0 Å². The smallest absolute Gasteiger partial charge is 0.345 e. The van der Waals surface area contributed by atoms with Gasteiger partial charge >= 0.3 is 5.97 Å². The van der Waals surface area contributed by atoms with Gasteiger partial charge in [-0.15, -0.1) is 0 Å². The van der Waals surface area contributed by atoms with Crippen LogP contribution in [0.5, 0.6) is 5.88 Å². The molecule has 0 aliphatic carbocycles. The number of aromatic nitrogens is 3. The highest BCUT2D eigenvalue weighted by molar-refractivity contribution is 5.98. The van der Waals surface area contributed by atoms with Crippen LogP contribution >= 0.6 is 0 Å². The van der Waals surface area contributed by atoms with Gasteiger partial charge in [-0.25, -0.2) is 9.48 Å². The number of esters is 1. The van der Waals surface area contributed by atoms with E-state index in [-0.39, 0.29) is 35.4 Å². The van der Waals surface area contributed by atoms with E-state index in [1.807, 2.05) is 6.92 Å². The predicted octanol–water partition coefficient (Wildman–Crippen LogP) is 2.96. The van der Waals surface area contributed by atoms with Gasteiger partial charge in [0.15, 0.2) is 0 Å². The zero-order valence-corrected chi connectivity index (χ0v) is 13.4. The van der Waals surface area contributed by atoms with E-state index >= 15 is 0 Å². The molecular weight excluding hydrogens is 320 g/mol. The summed E-state index contributed by atoms with van der Waals surface area (Å²) < 4.78 is 39.6. The molecule has 0 saturated carbocycles. The van der Waals surface area contributed by atoms with Crippen molar-refractivity contribution in [2.45, 2.75) is 39.3 Å². The fourth-order valence-corrected chi connectivity index (χ4v) is 2.66. The second kappa shape index (κ2) is 6.54. The Morgan fingerprint density at radius 1 is 1.46 bits per heavy atom. The van der Waals surface area contributed by atoms with Crippen molar-refractivity contribution in [3.8, 4) is 17.1 Å². The number of carbonyl (C=O) groups excluding carboxylic acids is 1. The number of carbonyl (C=O) groups is 1. The Kier molecular flexibility index (Phi) is 4.46. The van der Waals surface area contributed by atoms with Gasteiger partial charge in [0.2, 0.25) is 17.8 Å². The molecule has 3 rings (SSSR count). The van der Waals surface area contributed by atoms with Crippen LogP contribution in [0.3, 0.4) is 0 Å². The maximum Gasteiger partial charge on any atom is 0.345 e. The minimum absolute atomic E-state index is 0.0397. The second-order valence-corrected chi connectivity index (χ2v) is 5.52. The summed E-state index contributed by atoms with van der Waals surface area (Å²) in [5.41, 5.74) is 0.0109. The lowest BCUT2D eigenvalue weighted by atomic mass is 10.1. The average molecular weight is 337 g/mol. The van der Waals surface area contributed by atoms with Gasteiger partial charge in [0, 0.05) is 6.54 Å². The van der Waals surface area contributed by atoms with Crippen LogP contribution in [-0.2, 0) is 11.3 Å². The zero-order chi connectivity index (χ0) is 17.3. The van der Waals surface area contributed by atoms with Crippen molar-refractivity contribution in [3.05, 3.63) is 29.6 Å². The third-order valence-corrected chi connectivity index (χ3v) is 3.75. The first-order valence-electron chi connectivity index (χ1n) is 7.78. The molecule has 0 bridgehead atoms. The van der Waals surface area contributed by atoms with Gasteiger partial charge in [-0.1, -0.05) is 0 Å². The third kappa shape index (κ3) is 2.95. The number of rotatable bonds is 3. The van der Waals surface area contributed by atoms with Crippen molar-refractivity contribution < 1.29 is 23.0 Å². The van der Waals surface area contributed by atoms with Gasteiger partial charge in [-0.3, -0.25) is 0 Å². The average Bonchev–Trinajstić information content (AvgIpc) is 2.75. The van der Waals surface area contributed by atoms with Gasteiger partial charge in [0.25, 0.3) is 0 Å². The highest BCUT2D eigenvalue weighted by Gasteiger charge is 2.31. The highest BCUT2D eigenvalue weighted by Crippen LogP contribution is 2.34. The van der Waals surface area contributed by atoms with Crippen molar-refractivity contribution in [2.75, 3.05) is 6.61 Å². The third-order valence-electron chi connectivity index (χ3n) is 3.75. The molecule has 0 aromatic carbocycles. The molecule has 6 nitrogen and oxygen atoms in total. The zero-order valence-electron chi connectivity index (χ0n) is 13.4. The fourth-order valence-electron chi connectivity index (χ4n) is 2.66. The lowest BCUT2D eigenvalue weighted by Crippen LogP contribution is -2.14. The number of aryl methyl sites for hydroxylation is 1. The van der Waals surface area contributed by atoms with Crippen molar-refractivity contribution in [1.29, 1.82) is 0 Å². The molecule has 24 heavy (non-hydrogen) atoms. The number of halogens is 2. The largest absolute Gasteiger partial charge is 0.474 e. The molecular formula is C16H17F2N3O3. The first kappa shape index (κ1) is 16.4. The minimum atomic E-state index is -1.04.